The van der Waals surface area contributed by atoms with Gasteiger partial charge < -0.3 is 9.47 Å². The fourth-order valence-electron chi connectivity index (χ4n) is 5.43. The average Bonchev–Trinajstić information content (AvgIpc) is 2.94. The fraction of sp³-hybridized carbons (Fsp3) is 0.750. The highest BCUT2D eigenvalue weighted by Crippen LogP contribution is 2.36. The highest BCUT2D eigenvalue weighted by atomic mass is 16.2. The average molecular weight is 402 g/mol. The molecule has 0 radical (unpaired) electrons. The van der Waals surface area contributed by atoms with E-state index in [0.717, 1.165) is 56.7 Å². The van der Waals surface area contributed by atoms with Crippen LogP contribution >= 0.6 is 0 Å². The van der Waals surface area contributed by atoms with Crippen molar-refractivity contribution >= 4 is 11.7 Å². The van der Waals surface area contributed by atoms with Gasteiger partial charge in [0, 0.05) is 50.1 Å². The Morgan fingerprint density at radius 1 is 1.10 bits per heavy atom. The summed E-state index contributed by atoms with van der Waals surface area (Å²) in [7, 11) is 0. The molecule has 1 spiro atoms. The van der Waals surface area contributed by atoms with Crippen LogP contribution in [0.2, 0.25) is 0 Å². The number of rotatable bonds is 6. The van der Waals surface area contributed by atoms with Crippen molar-refractivity contribution in [3.63, 3.8) is 0 Å². The molecule has 162 valence electrons. The van der Waals surface area contributed by atoms with Crippen molar-refractivity contribution in [1.82, 2.24) is 14.4 Å². The van der Waals surface area contributed by atoms with Crippen LogP contribution in [-0.4, -0.2) is 57.8 Å². The van der Waals surface area contributed by atoms with E-state index in [-0.39, 0.29) is 17.2 Å². The van der Waals surface area contributed by atoms with E-state index >= 15 is 0 Å². The molecule has 1 saturated heterocycles. The van der Waals surface area contributed by atoms with Gasteiger partial charge in [-0.1, -0.05) is 33.1 Å². The number of amides is 1. The maximum Gasteiger partial charge on any atom is 0.219 e. The summed E-state index contributed by atoms with van der Waals surface area (Å²) in [4.78, 5) is 29.8. The summed E-state index contributed by atoms with van der Waals surface area (Å²) < 4.78 is 2.30. The first-order chi connectivity index (χ1) is 13.7. The van der Waals surface area contributed by atoms with Crippen LogP contribution in [0.3, 0.4) is 0 Å². The lowest BCUT2D eigenvalue weighted by Crippen LogP contribution is -2.64. The zero-order chi connectivity index (χ0) is 21.2. The van der Waals surface area contributed by atoms with Crippen molar-refractivity contribution in [3.8, 4) is 0 Å². The van der Waals surface area contributed by atoms with Crippen LogP contribution in [0, 0.1) is 19.8 Å². The normalized spacial score (nSPS) is 19.9. The Labute approximate surface area is 176 Å². The Morgan fingerprint density at radius 3 is 2.41 bits per heavy atom. The number of hydrogen-bond donors (Lipinski definition) is 0. The lowest BCUT2D eigenvalue weighted by Gasteiger charge is -2.52. The molecule has 0 N–H and O–H groups in total. The van der Waals surface area contributed by atoms with Gasteiger partial charge in [0.05, 0.1) is 12.1 Å². The van der Waals surface area contributed by atoms with E-state index in [2.05, 4.69) is 48.1 Å². The zero-order valence-electron chi connectivity index (χ0n) is 19.1. The quantitative estimate of drug-likeness (QED) is 0.671. The van der Waals surface area contributed by atoms with Crippen LogP contribution in [0.15, 0.2) is 6.07 Å². The topological polar surface area (TPSA) is 45.6 Å². The molecule has 5 heteroatoms. The minimum absolute atomic E-state index is 0.0588. The van der Waals surface area contributed by atoms with Gasteiger partial charge in [0.1, 0.15) is 0 Å². The van der Waals surface area contributed by atoms with Crippen molar-refractivity contribution < 1.29 is 9.59 Å². The van der Waals surface area contributed by atoms with Crippen LogP contribution in [-0.2, 0) is 11.3 Å². The highest BCUT2D eigenvalue weighted by Gasteiger charge is 2.43. The molecule has 3 rings (SSSR count). The van der Waals surface area contributed by atoms with E-state index in [0.29, 0.717) is 12.5 Å². The van der Waals surface area contributed by atoms with Gasteiger partial charge in [-0.05, 0) is 45.1 Å². The van der Waals surface area contributed by atoms with Gasteiger partial charge in [-0.25, -0.2) is 0 Å². The second-order valence-corrected chi connectivity index (χ2v) is 9.71. The molecular weight excluding hydrogens is 362 g/mol. The van der Waals surface area contributed by atoms with Crippen LogP contribution in [0.1, 0.15) is 81.0 Å². The lowest BCUT2D eigenvalue weighted by molar-refractivity contribution is -0.141. The van der Waals surface area contributed by atoms with Crippen LogP contribution in [0.25, 0.3) is 0 Å². The molecule has 29 heavy (non-hydrogen) atoms. The maximum absolute atomic E-state index is 13.2. The molecule has 0 aromatic carbocycles. The summed E-state index contributed by atoms with van der Waals surface area (Å²) >= 11 is 0. The van der Waals surface area contributed by atoms with Gasteiger partial charge in [0.2, 0.25) is 5.91 Å². The Balaban J connectivity index is 1.71. The molecule has 2 fully saturated rings. The lowest BCUT2D eigenvalue weighted by atomic mass is 9.78. The third kappa shape index (κ3) is 4.76. The highest BCUT2D eigenvalue weighted by molar-refractivity contribution is 5.99. The number of aryl methyl sites for hydroxylation is 1. The monoisotopic (exact) mass is 401 g/mol. The first-order valence-corrected chi connectivity index (χ1v) is 11.4. The molecular formula is C24H39N3O2. The maximum atomic E-state index is 13.2. The van der Waals surface area contributed by atoms with E-state index in [1.54, 1.807) is 6.92 Å². The molecule has 2 heterocycles. The second kappa shape index (κ2) is 9.03. The Bertz CT molecular complexity index is 744. The number of piperazine rings is 1. The fourth-order valence-corrected chi connectivity index (χ4v) is 5.43. The number of carbonyl (C=O) groups excluding carboxylic acids is 2. The number of ketones is 1. The van der Waals surface area contributed by atoms with Crippen molar-refractivity contribution in [2.45, 2.75) is 85.2 Å². The van der Waals surface area contributed by atoms with Crippen LogP contribution < -0.4 is 0 Å². The molecule has 1 aliphatic carbocycles. The van der Waals surface area contributed by atoms with Crippen molar-refractivity contribution in [2.75, 3.05) is 26.2 Å². The molecule has 2 aliphatic rings. The molecule has 0 atom stereocenters. The van der Waals surface area contributed by atoms with Crippen molar-refractivity contribution in [3.05, 3.63) is 23.0 Å². The Hall–Kier alpha value is -1.62. The number of carbonyl (C=O) groups is 2. The van der Waals surface area contributed by atoms with Gasteiger partial charge in [0.25, 0.3) is 0 Å². The summed E-state index contributed by atoms with van der Waals surface area (Å²) in [5.41, 5.74) is 3.09. The van der Waals surface area contributed by atoms with E-state index in [4.69, 9.17) is 0 Å². The third-order valence-electron chi connectivity index (χ3n) is 7.07. The first kappa shape index (κ1) is 22.1. The standard InChI is InChI=1S/C24H39N3O2/c1-18(2)9-12-26-19(3)15-22(20(26)4)23(29)16-25-13-14-27(21(5)28)24(17-25)10-7-6-8-11-24/h15,18H,6-14,16-17H2,1-5H3. The Kier molecular flexibility index (Phi) is 6.87. The first-order valence-electron chi connectivity index (χ1n) is 11.4. The Morgan fingerprint density at radius 2 is 1.79 bits per heavy atom. The largest absolute Gasteiger partial charge is 0.348 e. The zero-order valence-corrected chi connectivity index (χ0v) is 19.1. The van der Waals surface area contributed by atoms with E-state index in [1.807, 2.05) is 0 Å². The smallest absolute Gasteiger partial charge is 0.219 e. The molecule has 1 aliphatic heterocycles. The summed E-state index contributed by atoms with van der Waals surface area (Å²) in [6.45, 7) is 14.2. The van der Waals surface area contributed by atoms with Crippen LogP contribution in [0.4, 0.5) is 0 Å². The summed E-state index contributed by atoms with van der Waals surface area (Å²) in [5.74, 6) is 1.06. The molecule has 1 aromatic heterocycles. The van der Waals surface area contributed by atoms with Gasteiger partial charge in [0.15, 0.2) is 5.78 Å². The number of nitrogens with zero attached hydrogens (tertiary/aromatic N) is 3. The van der Waals surface area contributed by atoms with Gasteiger partial charge >= 0.3 is 0 Å². The SMILES string of the molecule is CC(=O)N1CCN(CC(=O)c2cc(C)n(CCC(C)C)c2C)CC12CCCCC2. The van der Waals surface area contributed by atoms with Crippen molar-refractivity contribution in [1.29, 1.82) is 0 Å². The van der Waals surface area contributed by atoms with Gasteiger partial charge in [-0.2, -0.15) is 0 Å². The molecule has 0 unspecified atom stereocenters. The minimum Gasteiger partial charge on any atom is -0.348 e. The number of Topliss-reactive ketones (excluding diaryl/α,β-unsaturated/α-hetero) is 1. The van der Waals surface area contributed by atoms with Gasteiger partial charge in [-0.3, -0.25) is 14.5 Å². The summed E-state index contributed by atoms with van der Waals surface area (Å²) in [6, 6.07) is 2.07. The third-order valence-corrected chi connectivity index (χ3v) is 7.07. The van der Waals surface area contributed by atoms with E-state index in [9.17, 15) is 9.59 Å². The van der Waals surface area contributed by atoms with E-state index < -0.39 is 0 Å². The molecule has 1 aromatic rings. The minimum atomic E-state index is -0.0588. The molecule has 1 saturated carbocycles. The van der Waals surface area contributed by atoms with Crippen molar-refractivity contribution in [2.24, 2.45) is 5.92 Å². The second-order valence-electron chi connectivity index (χ2n) is 9.71. The summed E-state index contributed by atoms with van der Waals surface area (Å²) in [5, 5.41) is 0. The predicted octanol–water partition coefficient (Wildman–Crippen LogP) is 4.20. The van der Waals surface area contributed by atoms with Crippen LogP contribution in [0.5, 0.6) is 0 Å². The molecule has 5 nitrogen and oxygen atoms in total. The van der Waals surface area contributed by atoms with E-state index in [1.165, 1.54) is 25.0 Å². The number of hydrogen-bond acceptors (Lipinski definition) is 3. The predicted molar refractivity (Wildman–Crippen MR) is 117 cm³/mol. The van der Waals surface area contributed by atoms with Gasteiger partial charge in [-0.15, -0.1) is 0 Å². The summed E-state index contributed by atoms with van der Waals surface area (Å²) in [6.07, 6.45) is 6.89. The molecule has 0 bridgehead atoms. The molecule has 1 amide bonds. The number of aromatic nitrogens is 1.